The van der Waals surface area contributed by atoms with Crippen LogP contribution in [0.4, 0.5) is 0 Å². The van der Waals surface area contributed by atoms with E-state index in [0.29, 0.717) is 31.5 Å². The second-order valence-corrected chi connectivity index (χ2v) is 6.47. The molecule has 0 spiro atoms. The predicted octanol–water partition coefficient (Wildman–Crippen LogP) is 1.03. The maximum absolute atomic E-state index is 13.0. The van der Waals surface area contributed by atoms with Crippen molar-refractivity contribution >= 4 is 11.8 Å². The highest BCUT2D eigenvalue weighted by Crippen LogP contribution is 2.27. The number of nitrogens with zero attached hydrogens (tertiary/aromatic N) is 2. The van der Waals surface area contributed by atoms with Gasteiger partial charge >= 0.3 is 0 Å². The van der Waals surface area contributed by atoms with Gasteiger partial charge in [0.2, 0.25) is 5.91 Å². The van der Waals surface area contributed by atoms with Crippen LogP contribution in [-0.2, 0) is 16.9 Å². The van der Waals surface area contributed by atoms with Crippen LogP contribution in [0, 0.1) is 0 Å². The molecule has 0 unspecified atom stereocenters. The third kappa shape index (κ3) is 3.77. The molecular weight excluding hydrogens is 330 g/mol. The highest BCUT2D eigenvalue weighted by Gasteiger charge is 2.41. The lowest BCUT2D eigenvalue weighted by molar-refractivity contribution is -0.132. The molecule has 7 heteroatoms. The molecule has 1 aromatic carbocycles. The third-order valence-electron chi connectivity index (χ3n) is 4.80. The molecule has 3 N–H and O–H groups in total. The van der Waals surface area contributed by atoms with Crippen LogP contribution in [0.15, 0.2) is 42.7 Å². The second-order valence-electron chi connectivity index (χ2n) is 6.47. The van der Waals surface area contributed by atoms with Gasteiger partial charge in [0, 0.05) is 31.0 Å². The van der Waals surface area contributed by atoms with Crippen LogP contribution in [0.5, 0.6) is 0 Å². The molecule has 2 heterocycles. The second kappa shape index (κ2) is 8.14. The molecule has 1 aliphatic rings. The number of nitrogens with one attached hydrogen (secondary N) is 3. The van der Waals surface area contributed by atoms with Gasteiger partial charge in [0.15, 0.2) is 0 Å². The summed E-state index contributed by atoms with van der Waals surface area (Å²) in [6.07, 6.45) is 4.97. The summed E-state index contributed by atoms with van der Waals surface area (Å²) in [6, 6.07) is 9.14. The largest absolute Gasteiger partial charge is 0.352 e. The summed E-state index contributed by atoms with van der Waals surface area (Å²) in [7, 11) is 0. The maximum atomic E-state index is 13.0. The summed E-state index contributed by atoms with van der Waals surface area (Å²) in [4.78, 5) is 24.8. The molecule has 1 saturated heterocycles. The molecule has 0 aliphatic carbocycles. The average molecular weight is 355 g/mol. The fourth-order valence-corrected chi connectivity index (χ4v) is 3.31. The predicted molar refractivity (Wildman–Crippen MR) is 98.6 cm³/mol. The lowest BCUT2D eigenvalue weighted by Crippen LogP contribution is -2.54. The first-order valence-corrected chi connectivity index (χ1v) is 9.02. The molecule has 1 aliphatic heterocycles. The number of carbonyl (C=O) groups is 2. The molecule has 138 valence electrons. The van der Waals surface area contributed by atoms with Crippen molar-refractivity contribution < 1.29 is 9.59 Å². The molecule has 3 rings (SSSR count). The summed E-state index contributed by atoms with van der Waals surface area (Å²) in [5, 5.41) is 13.4. The zero-order chi connectivity index (χ0) is 18.4. The van der Waals surface area contributed by atoms with Crippen molar-refractivity contribution in [3.05, 3.63) is 53.9 Å². The van der Waals surface area contributed by atoms with E-state index in [-0.39, 0.29) is 11.8 Å². The number of aromatic nitrogens is 2. The highest BCUT2D eigenvalue weighted by molar-refractivity contribution is 5.94. The molecule has 0 saturated carbocycles. The lowest BCUT2D eigenvalue weighted by atomic mass is 9.87. The molecule has 2 amide bonds. The van der Waals surface area contributed by atoms with Crippen molar-refractivity contribution in [3.8, 4) is 0 Å². The fourth-order valence-electron chi connectivity index (χ4n) is 3.31. The molecule has 7 nitrogen and oxygen atoms in total. The Kier molecular flexibility index (Phi) is 5.68. The lowest BCUT2D eigenvalue weighted by Gasteiger charge is -2.36. The van der Waals surface area contributed by atoms with Gasteiger partial charge in [0.25, 0.3) is 5.91 Å². The van der Waals surface area contributed by atoms with E-state index < -0.39 is 5.54 Å². The van der Waals surface area contributed by atoms with Crippen molar-refractivity contribution in [2.45, 2.75) is 31.8 Å². The van der Waals surface area contributed by atoms with Crippen LogP contribution in [-0.4, -0.2) is 41.2 Å². The van der Waals surface area contributed by atoms with Gasteiger partial charge in [-0.1, -0.05) is 12.1 Å². The van der Waals surface area contributed by atoms with E-state index in [1.165, 1.54) is 0 Å². The quantitative estimate of drug-likeness (QED) is 0.722. The van der Waals surface area contributed by atoms with Crippen molar-refractivity contribution in [3.63, 3.8) is 0 Å². The summed E-state index contributed by atoms with van der Waals surface area (Å²) < 4.78 is 1.78. The van der Waals surface area contributed by atoms with Gasteiger partial charge in [-0.3, -0.25) is 14.3 Å². The van der Waals surface area contributed by atoms with Gasteiger partial charge in [-0.15, -0.1) is 0 Å². The first kappa shape index (κ1) is 18.1. The van der Waals surface area contributed by atoms with E-state index in [2.05, 4.69) is 21.0 Å². The normalized spacial score (nSPS) is 16.0. The van der Waals surface area contributed by atoms with E-state index in [0.717, 1.165) is 18.7 Å². The highest BCUT2D eigenvalue weighted by atomic mass is 16.2. The Hall–Kier alpha value is -2.67. The summed E-state index contributed by atoms with van der Waals surface area (Å²) in [5.74, 6) is -0.106. The van der Waals surface area contributed by atoms with E-state index in [4.69, 9.17) is 0 Å². The van der Waals surface area contributed by atoms with Crippen molar-refractivity contribution in [2.75, 3.05) is 19.6 Å². The minimum Gasteiger partial charge on any atom is -0.352 e. The number of benzene rings is 1. The van der Waals surface area contributed by atoms with E-state index in [1.807, 2.05) is 31.3 Å². The van der Waals surface area contributed by atoms with Gasteiger partial charge in [-0.2, -0.15) is 5.10 Å². The van der Waals surface area contributed by atoms with E-state index >= 15 is 0 Å². The average Bonchev–Trinajstić information content (AvgIpc) is 3.22. The van der Waals surface area contributed by atoms with Gasteiger partial charge in [0.1, 0.15) is 5.54 Å². The third-order valence-corrected chi connectivity index (χ3v) is 4.80. The minimum absolute atomic E-state index is 0.0181. The van der Waals surface area contributed by atoms with Crippen molar-refractivity contribution in [2.24, 2.45) is 0 Å². The number of rotatable bonds is 6. The molecule has 1 aromatic heterocycles. The number of hydrogen-bond donors (Lipinski definition) is 3. The zero-order valence-corrected chi connectivity index (χ0v) is 15.0. The molecular formula is C19H25N5O2. The molecule has 26 heavy (non-hydrogen) atoms. The van der Waals surface area contributed by atoms with E-state index in [9.17, 15) is 9.59 Å². The van der Waals surface area contributed by atoms with Crippen LogP contribution in [0.1, 0.15) is 35.7 Å². The Balaban J connectivity index is 1.66. The fraction of sp³-hybridized carbons (Fsp3) is 0.421. The summed E-state index contributed by atoms with van der Waals surface area (Å²) >= 11 is 0. The molecule has 2 aromatic rings. The molecule has 1 fully saturated rings. The first-order valence-electron chi connectivity index (χ1n) is 9.02. The number of carbonyl (C=O) groups excluding carboxylic acids is 2. The summed E-state index contributed by atoms with van der Waals surface area (Å²) in [6.45, 7) is 4.48. The Bertz CT molecular complexity index is 734. The minimum atomic E-state index is -0.643. The first-order chi connectivity index (χ1) is 12.7. The smallest absolute Gasteiger partial charge is 0.251 e. The van der Waals surface area contributed by atoms with Crippen LogP contribution >= 0.6 is 0 Å². The Morgan fingerprint density at radius 2 is 1.92 bits per heavy atom. The van der Waals surface area contributed by atoms with Gasteiger partial charge in [-0.05, 0) is 56.6 Å². The van der Waals surface area contributed by atoms with Crippen LogP contribution in [0.25, 0.3) is 0 Å². The molecule has 0 bridgehead atoms. The number of hydrogen-bond acceptors (Lipinski definition) is 4. The Morgan fingerprint density at radius 3 is 2.54 bits per heavy atom. The Morgan fingerprint density at radius 1 is 1.19 bits per heavy atom. The van der Waals surface area contributed by atoms with Crippen molar-refractivity contribution in [1.29, 1.82) is 0 Å². The van der Waals surface area contributed by atoms with Gasteiger partial charge < -0.3 is 16.0 Å². The van der Waals surface area contributed by atoms with Crippen LogP contribution in [0.2, 0.25) is 0 Å². The number of amides is 2. The zero-order valence-electron chi connectivity index (χ0n) is 15.0. The van der Waals surface area contributed by atoms with Gasteiger partial charge in [-0.25, -0.2) is 0 Å². The number of piperidine rings is 1. The van der Waals surface area contributed by atoms with Gasteiger partial charge in [0.05, 0.1) is 0 Å². The standard InChI is InChI=1S/C19H25N5O2/c1-2-21-17(25)16-6-4-15(5-7-16)14-22-18(26)19(8-11-20-12-9-19)24-13-3-10-23-24/h3-7,10,13,20H,2,8-9,11-12,14H2,1H3,(H,21,25)(H,22,26). The maximum Gasteiger partial charge on any atom is 0.251 e. The molecule has 0 atom stereocenters. The monoisotopic (exact) mass is 355 g/mol. The van der Waals surface area contributed by atoms with Crippen LogP contribution < -0.4 is 16.0 Å². The van der Waals surface area contributed by atoms with Crippen molar-refractivity contribution in [1.82, 2.24) is 25.7 Å². The topological polar surface area (TPSA) is 88.1 Å². The molecule has 0 radical (unpaired) electrons. The SMILES string of the molecule is CCNC(=O)c1ccc(CNC(=O)C2(n3cccn3)CCNCC2)cc1. The summed E-state index contributed by atoms with van der Waals surface area (Å²) in [5.41, 5.74) is 0.930. The van der Waals surface area contributed by atoms with E-state index in [1.54, 1.807) is 23.0 Å². The van der Waals surface area contributed by atoms with Crippen LogP contribution in [0.3, 0.4) is 0 Å². The Labute approximate surface area is 153 Å².